The van der Waals surface area contributed by atoms with E-state index in [9.17, 15) is 9.59 Å². The van der Waals surface area contributed by atoms with Crippen molar-refractivity contribution in [3.8, 4) is 0 Å². The number of rotatable bonds is 5. The highest BCUT2D eigenvalue weighted by molar-refractivity contribution is 5.05. The van der Waals surface area contributed by atoms with Gasteiger partial charge in [0.05, 0.1) is 12.8 Å². The van der Waals surface area contributed by atoms with E-state index in [1.165, 1.54) is 7.05 Å². The van der Waals surface area contributed by atoms with Crippen LogP contribution in [0.3, 0.4) is 0 Å². The largest absolute Gasteiger partial charge is 0.468 e. The molecule has 0 bridgehead atoms. The molecule has 1 saturated carbocycles. The average molecular weight is 289 g/mol. The molecule has 1 aliphatic rings. The third-order valence-corrected chi connectivity index (χ3v) is 3.99. The van der Waals surface area contributed by atoms with Crippen LogP contribution in [0.2, 0.25) is 0 Å². The topological polar surface area (TPSA) is 60.4 Å². The van der Waals surface area contributed by atoms with Gasteiger partial charge in [-0.25, -0.2) is 4.79 Å². The predicted molar refractivity (Wildman–Crippen MR) is 77.9 cm³/mol. The van der Waals surface area contributed by atoms with E-state index in [0.29, 0.717) is 19.1 Å². The first-order chi connectivity index (χ1) is 10.1. The molecule has 0 aliphatic heterocycles. The van der Waals surface area contributed by atoms with E-state index in [1.807, 2.05) is 12.1 Å². The summed E-state index contributed by atoms with van der Waals surface area (Å²) in [6, 6.07) is 5.86. The van der Waals surface area contributed by atoms with Crippen LogP contribution in [-0.4, -0.2) is 20.1 Å². The van der Waals surface area contributed by atoms with Crippen molar-refractivity contribution in [3.63, 3.8) is 0 Å². The molecule has 0 N–H and O–H groups in total. The van der Waals surface area contributed by atoms with Crippen LogP contribution >= 0.6 is 0 Å². The van der Waals surface area contributed by atoms with Gasteiger partial charge in [-0.3, -0.25) is 18.8 Å². The Hall–Kier alpha value is -2.08. The van der Waals surface area contributed by atoms with Gasteiger partial charge in [0.15, 0.2) is 0 Å². The summed E-state index contributed by atoms with van der Waals surface area (Å²) < 4.78 is 8.06. The summed E-state index contributed by atoms with van der Waals surface area (Å²) in [6.07, 6.45) is 3.97. The Bertz CT molecular complexity index is 739. The summed E-state index contributed by atoms with van der Waals surface area (Å²) in [5.41, 5.74) is 0.189. The predicted octanol–water partition coefficient (Wildman–Crippen LogP) is 0.842. The highest BCUT2D eigenvalue weighted by Gasteiger charge is 2.30. The van der Waals surface area contributed by atoms with Crippen molar-refractivity contribution in [2.75, 3.05) is 0 Å². The van der Waals surface area contributed by atoms with Gasteiger partial charge in [-0.2, -0.15) is 0 Å². The van der Waals surface area contributed by atoms with Gasteiger partial charge in [0.25, 0.3) is 5.56 Å². The lowest BCUT2D eigenvalue weighted by atomic mass is 10.3. The van der Waals surface area contributed by atoms with Crippen molar-refractivity contribution in [2.24, 2.45) is 14.1 Å². The number of furan rings is 1. The molecule has 1 aliphatic carbocycles. The minimum absolute atomic E-state index is 0.262. The molecule has 112 valence electrons. The fraction of sp³-hybridized carbons (Fsp3) is 0.467. The summed E-state index contributed by atoms with van der Waals surface area (Å²) >= 11 is 0. The van der Waals surface area contributed by atoms with E-state index in [2.05, 4.69) is 4.90 Å². The summed E-state index contributed by atoms with van der Waals surface area (Å²) in [5, 5.41) is 0. The van der Waals surface area contributed by atoms with Crippen LogP contribution in [0.5, 0.6) is 0 Å². The van der Waals surface area contributed by atoms with E-state index in [-0.39, 0.29) is 11.2 Å². The molecule has 2 heterocycles. The Kier molecular flexibility index (Phi) is 3.55. The molecule has 0 spiro atoms. The maximum absolute atomic E-state index is 12.0. The summed E-state index contributed by atoms with van der Waals surface area (Å²) in [7, 11) is 3.20. The van der Waals surface area contributed by atoms with E-state index in [4.69, 9.17) is 4.42 Å². The fourth-order valence-electron chi connectivity index (χ4n) is 2.49. The van der Waals surface area contributed by atoms with E-state index in [0.717, 1.165) is 28.9 Å². The van der Waals surface area contributed by atoms with Crippen molar-refractivity contribution < 1.29 is 4.42 Å². The van der Waals surface area contributed by atoms with Crippen molar-refractivity contribution in [3.05, 3.63) is 56.8 Å². The molecule has 3 rings (SSSR count). The molecule has 2 aromatic heterocycles. The van der Waals surface area contributed by atoms with Crippen LogP contribution in [-0.2, 0) is 27.2 Å². The molecular weight excluding hydrogens is 270 g/mol. The Morgan fingerprint density at radius 1 is 1.24 bits per heavy atom. The second-order valence-electron chi connectivity index (χ2n) is 5.59. The smallest absolute Gasteiger partial charge is 0.330 e. The van der Waals surface area contributed by atoms with Gasteiger partial charge in [0.2, 0.25) is 0 Å². The van der Waals surface area contributed by atoms with Gasteiger partial charge >= 0.3 is 5.69 Å². The zero-order valence-corrected chi connectivity index (χ0v) is 12.3. The number of hydrogen-bond acceptors (Lipinski definition) is 4. The van der Waals surface area contributed by atoms with E-state index >= 15 is 0 Å². The maximum atomic E-state index is 12.0. The van der Waals surface area contributed by atoms with E-state index in [1.54, 1.807) is 23.9 Å². The van der Waals surface area contributed by atoms with Gasteiger partial charge in [0.1, 0.15) is 5.76 Å². The average Bonchev–Trinajstić information content (AvgIpc) is 3.19. The van der Waals surface area contributed by atoms with Crippen molar-refractivity contribution in [1.29, 1.82) is 0 Å². The fourth-order valence-corrected chi connectivity index (χ4v) is 2.49. The van der Waals surface area contributed by atoms with Crippen LogP contribution < -0.4 is 11.2 Å². The Balaban J connectivity index is 1.86. The van der Waals surface area contributed by atoms with Gasteiger partial charge < -0.3 is 4.42 Å². The third-order valence-electron chi connectivity index (χ3n) is 3.99. The third kappa shape index (κ3) is 2.85. The van der Waals surface area contributed by atoms with Gasteiger partial charge in [-0.15, -0.1) is 0 Å². The second kappa shape index (κ2) is 5.37. The maximum Gasteiger partial charge on any atom is 0.330 e. The van der Waals surface area contributed by atoms with Gasteiger partial charge in [-0.1, -0.05) is 0 Å². The first kappa shape index (κ1) is 13.9. The molecule has 0 atom stereocenters. The number of aromatic nitrogens is 2. The Labute approximate surface area is 122 Å². The molecule has 0 aromatic carbocycles. The standard InChI is InChI=1S/C15H19N3O3/c1-16-12(8-14(19)17(2)15(16)20)9-18(11-5-6-11)10-13-4-3-7-21-13/h3-4,7-8,11H,5-6,9-10H2,1-2H3. The van der Waals surface area contributed by atoms with Crippen molar-refractivity contribution >= 4 is 0 Å². The summed E-state index contributed by atoms with van der Waals surface area (Å²) in [5.74, 6) is 0.899. The molecule has 1 fully saturated rings. The molecule has 21 heavy (non-hydrogen) atoms. The number of hydrogen-bond donors (Lipinski definition) is 0. The molecule has 0 amide bonds. The lowest BCUT2D eigenvalue weighted by Gasteiger charge is -2.22. The monoisotopic (exact) mass is 289 g/mol. The molecule has 0 saturated heterocycles. The highest BCUT2D eigenvalue weighted by Crippen LogP contribution is 2.29. The normalized spacial score (nSPS) is 14.8. The molecule has 6 nitrogen and oxygen atoms in total. The molecule has 6 heteroatoms. The zero-order chi connectivity index (χ0) is 15.0. The van der Waals surface area contributed by atoms with Gasteiger partial charge in [-0.05, 0) is 25.0 Å². The Morgan fingerprint density at radius 3 is 2.62 bits per heavy atom. The van der Waals surface area contributed by atoms with Crippen molar-refractivity contribution in [2.45, 2.75) is 32.0 Å². The molecule has 0 unspecified atom stereocenters. The highest BCUT2D eigenvalue weighted by atomic mass is 16.3. The van der Waals surface area contributed by atoms with Crippen LogP contribution in [0, 0.1) is 0 Å². The first-order valence-electron chi connectivity index (χ1n) is 7.08. The van der Waals surface area contributed by atoms with Crippen LogP contribution in [0.1, 0.15) is 24.3 Å². The quantitative estimate of drug-likeness (QED) is 0.818. The van der Waals surface area contributed by atoms with E-state index < -0.39 is 0 Å². The molecule has 0 radical (unpaired) electrons. The number of nitrogens with zero attached hydrogens (tertiary/aromatic N) is 3. The minimum Gasteiger partial charge on any atom is -0.468 e. The summed E-state index contributed by atoms with van der Waals surface area (Å²) in [6.45, 7) is 1.27. The zero-order valence-electron chi connectivity index (χ0n) is 12.3. The first-order valence-corrected chi connectivity index (χ1v) is 7.08. The summed E-state index contributed by atoms with van der Waals surface area (Å²) in [4.78, 5) is 26.0. The molecular formula is C15H19N3O3. The van der Waals surface area contributed by atoms with Crippen LogP contribution in [0.25, 0.3) is 0 Å². The van der Waals surface area contributed by atoms with Crippen molar-refractivity contribution in [1.82, 2.24) is 14.0 Å². The van der Waals surface area contributed by atoms with Crippen LogP contribution in [0.4, 0.5) is 0 Å². The lowest BCUT2D eigenvalue weighted by molar-refractivity contribution is 0.219. The van der Waals surface area contributed by atoms with Crippen LogP contribution in [0.15, 0.2) is 38.5 Å². The van der Waals surface area contributed by atoms with Gasteiger partial charge in [0, 0.05) is 38.4 Å². The minimum atomic E-state index is -0.286. The lowest BCUT2D eigenvalue weighted by Crippen LogP contribution is -2.39. The Morgan fingerprint density at radius 2 is 2.00 bits per heavy atom. The SMILES string of the molecule is Cn1c(CN(Cc2ccco2)C2CC2)cc(=O)n(C)c1=O. The molecule has 2 aromatic rings. The second-order valence-corrected chi connectivity index (χ2v) is 5.59.